The Morgan fingerprint density at radius 3 is 2.12 bits per heavy atom. The van der Waals surface area contributed by atoms with Crippen molar-refractivity contribution in [2.45, 2.75) is 37.6 Å². The van der Waals surface area contributed by atoms with Gasteiger partial charge in [0.15, 0.2) is 0 Å². The Morgan fingerprint density at radius 1 is 1.18 bits per heavy atom. The van der Waals surface area contributed by atoms with E-state index in [9.17, 15) is 0 Å². The van der Waals surface area contributed by atoms with Crippen molar-refractivity contribution < 1.29 is 0 Å². The third-order valence-corrected chi connectivity index (χ3v) is 4.92. The highest BCUT2D eigenvalue weighted by Gasteiger charge is 2.44. The summed E-state index contributed by atoms with van der Waals surface area (Å²) < 4.78 is 0. The van der Waals surface area contributed by atoms with E-state index in [-0.39, 0.29) is 0 Å². The summed E-state index contributed by atoms with van der Waals surface area (Å²) in [7, 11) is 2.24. The summed E-state index contributed by atoms with van der Waals surface area (Å²) in [5.41, 5.74) is 6.46. The van der Waals surface area contributed by atoms with Gasteiger partial charge < -0.3 is 10.6 Å². The van der Waals surface area contributed by atoms with Gasteiger partial charge in [0.25, 0.3) is 0 Å². The van der Waals surface area contributed by atoms with Crippen LogP contribution in [0.15, 0.2) is 0 Å². The van der Waals surface area contributed by atoms with Gasteiger partial charge in [-0.25, -0.2) is 0 Å². The highest BCUT2D eigenvalue weighted by atomic mass is 15.3. The predicted octanol–water partition coefficient (Wildman–Crippen LogP) is 1.14. The second-order valence-electron chi connectivity index (χ2n) is 6.71. The van der Waals surface area contributed by atoms with E-state index in [1.54, 1.807) is 0 Å². The minimum absolute atomic E-state index is 0.305. The quantitative estimate of drug-likeness (QED) is 0.752. The zero-order valence-electron chi connectivity index (χ0n) is 11.2. The van der Waals surface area contributed by atoms with Gasteiger partial charge in [-0.3, -0.25) is 4.90 Å². The number of likely N-dealkylation sites (tertiary alicyclic amines) is 1. The van der Waals surface area contributed by atoms with Gasteiger partial charge in [-0.15, -0.1) is 0 Å². The zero-order chi connectivity index (χ0) is 11.9. The topological polar surface area (TPSA) is 32.5 Å². The van der Waals surface area contributed by atoms with Crippen LogP contribution >= 0.6 is 0 Å². The van der Waals surface area contributed by atoms with Gasteiger partial charge in [0.2, 0.25) is 0 Å². The Bertz CT molecular complexity index is 259. The van der Waals surface area contributed by atoms with Crippen LogP contribution in [0.2, 0.25) is 0 Å². The predicted molar refractivity (Wildman–Crippen MR) is 70.9 cm³/mol. The molecule has 3 nitrogen and oxygen atoms in total. The lowest BCUT2D eigenvalue weighted by Crippen LogP contribution is -2.56. The van der Waals surface area contributed by atoms with Gasteiger partial charge in [-0.2, -0.15) is 0 Å². The molecule has 0 aromatic carbocycles. The lowest BCUT2D eigenvalue weighted by Gasteiger charge is -2.41. The molecule has 1 saturated heterocycles. The molecule has 0 radical (unpaired) electrons. The zero-order valence-corrected chi connectivity index (χ0v) is 11.2. The van der Waals surface area contributed by atoms with Crippen LogP contribution in [-0.4, -0.2) is 55.1 Å². The molecule has 3 fully saturated rings. The molecule has 3 aliphatic rings. The largest absolute Gasteiger partial charge is 0.329 e. The van der Waals surface area contributed by atoms with E-state index in [0.717, 1.165) is 18.4 Å². The fourth-order valence-corrected chi connectivity index (χ4v) is 3.30. The van der Waals surface area contributed by atoms with E-state index in [2.05, 4.69) is 16.8 Å². The van der Waals surface area contributed by atoms with Crippen LogP contribution in [-0.2, 0) is 0 Å². The number of nitrogens with two attached hydrogens (primary N) is 1. The minimum Gasteiger partial charge on any atom is -0.329 e. The normalized spacial score (nSPS) is 34.8. The van der Waals surface area contributed by atoms with Gasteiger partial charge in [0.05, 0.1) is 0 Å². The Balaban J connectivity index is 1.69. The van der Waals surface area contributed by atoms with Crippen LogP contribution in [0.5, 0.6) is 0 Å². The first-order valence-electron chi connectivity index (χ1n) is 7.35. The highest BCUT2D eigenvalue weighted by molar-refractivity contribution is 5.01. The van der Waals surface area contributed by atoms with Crippen molar-refractivity contribution >= 4 is 0 Å². The van der Waals surface area contributed by atoms with Crippen molar-refractivity contribution in [3.8, 4) is 0 Å². The summed E-state index contributed by atoms with van der Waals surface area (Å²) in [6, 6.07) is 0. The molecule has 2 aliphatic carbocycles. The van der Waals surface area contributed by atoms with E-state index in [0.29, 0.717) is 5.54 Å². The Hall–Kier alpha value is -0.120. The Kier molecular flexibility index (Phi) is 3.18. The number of likely N-dealkylation sites (N-methyl/N-ethyl adjacent to an activating group) is 1. The molecular formula is C14H27N3. The summed E-state index contributed by atoms with van der Waals surface area (Å²) in [5, 5.41) is 0. The molecule has 3 rings (SSSR count). The average Bonchev–Trinajstić information content (AvgIpc) is 3.22. The highest BCUT2D eigenvalue weighted by Crippen LogP contribution is 2.38. The van der Waals surface area contributed by atoms with Crippen molar-refractivity contribution in [1.82, 2.24) is 9.80 Å². The fourth-order valence-electron chi connectivity index (χ4n) is 3.30. The standard InChI is InChI=1S/C14H27N3/c1-16-7-6-14(10-15,11-16)17(8-12-2-3-12)9-13-4-5-13/h12-13H,2-11,15H2,1H3. The maximum atomic E-state index is 6.16. The molecule has 3 heteroatoms. The summed E-state index contributed by atoms with van der Waals surface area (Å²) in [6.07, 6.45) is 7.10. The van der Waals surface area contributed by atoms with Gasteiger partial charge in [0.1, 0.15) is 0 Å². The molecule has 2 saturated carbocycles. The number of rotatable bonds is 6. The van der Waals surface area contributed by atoms with Crippen LogP contribution in [0, 0.1) is 11.8 Å². The van der Waals surface area contributed by atoms with Gasteiger partial charge in [0, 0.05) is 31.7 Å². The van der Waals surface area contributed by atoms with Crippen molar-refractivity contribution in [2.75, 3.05) is 39.8 Å². The van der Waals surface area contributed by atoms with E-state index in [1.165, 1.54) is 58.3 Å². The molecule has 0 aromatic rings. The molecule has 17 heavy (non-hydrogen) atoms. The SMILES string of the molecule is CN1CCC(CN)(N(CC2CC2)CC2CC2)C1. The second-order valence-corrected chi connectivity index (χ2v) is 6.71. The smallest absolute Gasteiger partial charge is 0.0470 e. The monoisotopic (exact) mass is 237 g/mol. The number of nitrogens with zero attached hydrogens (tertiary/aromatic N) is 2. The maximum Gasteiger partial charge on any atom is 0.0470 e. The van der Waals surface area contributed by atoms with Crippen LogP contribution in [0.3, 0.4) is 0 Å². The first-order valence-corrected chi connectivity index (χ1v) is 7.35. The molecule has 98 valence electrons. The summed E-state index contributed by atoms with van der Waals surface area (Å²) in [6.45, 7) is 5.89. The van der Waals surface area contributed by atoms with Crippen LogP contribution in [0.1, 0.15) is 32.1 Å². The third kappa shape index (κ3) is 2.67. The van der Waals surface area contributed by atoms with Crippen molar-refractivity contribution in [2.24, 2.45) is 17.6 Å². The summed E-state index contributed by atoms with van der Waals surface area (Å²) >= 11 is 0. The molecule has 1 heterocycles. The fraction of sp³-hybridized carbons (Fsp3) is 1.00. The molecular weight excluding hydrogens is 210 g/mol. The average molecular weight is 237 g/mol. The maximum absolute atomic E-state index is 6.16. The van der Waals surface area contributed by atoms with Crippen molar-refractivity contribution in [1.29, 1.82) is 0 Å². The van der Waals surface area contributed by atoms with Gasteiger partial charge >= 0.3 is 0 Å². The van der Waals surface area contributed by atoms with E-state index < -0.39 is 0 Å². The minimum atomic E-state index is 0.305. The first kappa shape index (κ1) is 11.9. The summed E-state index contributed by atoms with van der Waals surface area (Å²) in [5.74, 6) is 1.98. The van der Waals surface area contributed by atoms with Crippen molar-refractivity contribution in [3.05, 3.63) is 0 Å². The summed E-state index contributed by atoms with van der Waals surface area (Å²) in [4.78, 5) is 5.24. The molecule has 1 atom stereocenters. The van der Waals surface area contributed by atoms with Gasteiger partial charge in [-0.05, 0) is 57.5 Å². The van der Waals surface area contributed by atoms with E-state index >= 15 is 0 Å². The molecule has 1 unspecified atom stereocenters. The van der Waals surface area contributed by atoms with Crippen molar-refractivity contribution in [3.63, 3.8) is 0 Å². The lowest BCUT2D eigenvalue weighted by molar-refractivity contribution is 0.0901. The molecule has 0 bridgehead atoms. The van der Waals surface area contributed by atoms with Crippen LogP contribution < -0.4 is 5.73 Å². The third-order valence-electron chi connectivity index (χ3n) is 4.92. The van der Waals surface area contributed by atoms with Crippen LogP contribution in [0.4, 0.5) is 0 Å². The Morgan fingerprint density at radius 2 is 1.76 bits per heavy atom. The first-order chi connectivity index (χ1) is 8.22. The van der Waals surface area contributed by atoms with Crippen LogP contribution in [0.25, 0.3) is 0 Å². The molecule has 0 aromatic heterocycles. The molecule has 2 N–H and O–H groups in total. The molecule has 0 spiro atoms. The lowest BCUT2D eigenvalue weighted by atomic mass is 9.95. The number of hydrogen-bond acceptors (Lipinski definition) is 3. The van der Waals surface area contributed by atoms with E-state index in [4.69, 9.17) is 5.73 Å². The van der Waals surface area contributed by atoms with Gasteiger partial charge in [-0.1, -0.05) is 0 Å². The second kappa shape index (κ2) is 4.52. The van der Waals surface area contributed by atoms with E-state index in [1.807, 2.05) is 0 Å². The molecule has 0 amide bonds. The number of hydrogen-bond donors (Lipinski definition) is 1. The molecule has 1 aliphatic heterocycles. The Labute approximate surface area is 105 Å².